The van der Waals surface area contributed by atoms with Gasteiger partial charge in [-0.2, -0.15) is 0 Å². The zero-order valence-electron chi connectivity index (χ0n) is 9.99. The van der Waals surface area contributed by atoms with E-state index in [-0.39, 0.29) is 11.4 Å². The van der Waals surface area contributed by atoms with Crippen molar-refractivity contribution in [2.75, 3.05) is 13.7 Å². The minimum atomic E-state index is -0.287. The molecule has 4 nitrogen and oxygen atoms in total. The number of ether oxygens (including phenoxy) is 1. The van der Waals surface area contributed by atoms with Gasteiger partial charge in [0.15, 0.2) is 0 Å². The number of hydrogen-bond acceptors (Lipinski definition) is 3. The van der Waals surface area contributed by atoms with Gasteiger partial charge in [0, 0.05) is 25.5 Å². The molecule has 16 heavy (non-hydrogen) atoms. The largest absolute Gasteiger partial charge is 0.385 e. The number of aromatic nitrogens is 1. The summed E-state index contributed by atoms with van der Waals surface area (Å²) >= 11 is 0. The van der Waals surface area contributed by atoms with Crippen molar-refractivity contribution in [3.05, 3.63) is 30.1 Å². The van der Waals surface area contributed by atoms with E-state index >= 15 is 0 Å². The molecule has 0 aliphatic heterocycles. The van der Waals surface area contributed by atoms with Crippen molar-refractivity contribution in [1.82, 2.24) is 10.3 Å². The lowest BCUT2D eigenvalue weighted by atomic mass is 10.0. The monoisotopic (exact) mass is 222 g/mol. The molecule has 1 heterocycles. The average molecular weight is 222 g/mol. The molecule has 1 aromatic heterocycles. The fourth-order valence-electron chi connectivity index (χ4n) is 1.29. The number of carbonyl (C=O) groups excluding carboxylic acids is 1. The Labute approximate surface area is 96.0 Å². The molecule has 0 saturated heterocycles. The Morgan fingerprint density at radius 1 is 1.50 bits per heavy atom. The molecule has 0 fully saturated rings. The molecule has 0 atom stereocenters. The molecule has 0 radical (unpaired) electrons. The van der Waals surface area contributed by atoms with Crippen molar-refractivity contribution in [1.29, 1.82) is 0 Å². The Balaban J connectivity index is 2.57. The summed E-state index contributed by atoms with van der Waals surface area (Å²) in [5, 5.41) is 2.93. The van der Waals surface area contributed by atoms with E-state index in [0.29, 0.717) is 12.3 Å². The van der Waals surface area contributed by atoms with Crippen molar-refractivity contribution in [2.45, 2.75) is 25.8 Å². The first-order valence-electron chi connectivity index (χ1n) is 5.28. The summed E-state index contributed by atoms with van der Waals surface area (Å²) in [5.74, 6) is -0.151. The van der Waals surface area contributed by atoms with Crippen LogP contribution in [0.1, 0.15) is 30.8 Å². The van der Waals surface area contributed by atoms with E-state index in [0.717, 1.165) is 6.42 Å². The smallest absolute Gasteiger partial charge is 0.270 e. The van der Waals surface area contributed by atoms with E-state index in [1.807, 2.05) is 13.8 Å². The van der Waals surface area contributed by atoms with Gasteiger partial charge in [-0.25, -0.2) is 0 Å². The maximum absolute atomic E-state index is 11.8. The Bertz CT molecular complexity index is 336. The van der Waals surface area contributed by atoms with Crippen LogP contribution in [0.25, 0.3) is 0 Å². The third-order valence-electron chi connectivity index (χ3n) is 2.28. The molecule has 1 amide bonds. The zero-order valence-corrected chi connectivity index (χ0v) is 9.99. The van der Waals surface area contributed by atoms with Gasteiger partial charge in [0.25, 0.3) is 5.91 Å². The fourth-order valence-corrected chi connectivity index (χ4v) is 1.29. The van der Waals surface area contributed by atoms with Crippen LogP contribution in [0.2, 0.25) is 0 Å². The predicted octanol–water partition coefficient (Wildman–Crippen LogP) is 1.63. The molecule has 0 saturated carbocycles. The van der Waals surface area contributed by atoms with Crippen molar-refractivity contribution >= 4 is 5.91 Å². The molecular weight excluding hydrogens is 204 g/mol. The van der Waals surface area contributed by atoms with Gasteiger partial charge in [0.1, 0.15) is 5.69 Å². The number of methoxy groups -OCH3 is 1. The summed E-state index contributed by atoms with van der Waals surface area (Å²) in [7, 11) is 1.65. The summed E-state index contributed by atoms with van der Waals surface area (Å²) < 4.78 is 5.00. The molecule has 1 rings (SSSR count). The first-order chi connectivity index (χ1) is 7.55. The molecule has 0 aliphatic rings. The number of nitrogens with one attached hydrogen (secondary N) is 1. The van der Waals surface area contributed by atoms with Gasteiger partial charge >= 0.3 is 0 Å². The van der Waals surface area contributed by atoms with E-state index in [4.69, 9.17) is 4.74 Å². The molecule has 1 aromatic rings. The summed E-state index contributed by atoms with van der Waals surface area (Å²) in [4.78, 5) is 15.8. The minimum absolute atomic E-state index is 0.151. The molecular formula is C12H18N2O2. The molecule has 1 N–H and O–H groups in total. The van der Waals surface area contributed by atoms with Crippen molar-refractivity contribution in [2.24, 2.45) is 0 Å². The normalized spacial score (nSPS) is 11.2. The van der Waals surface area contributed by atoms with Crippen molar-refractivity contribution < 1.29 is 9.53 Å². The first kappa shape index (κ1) is 12.6. The fraction of sp³-hybridized carbons (Fsp3) is 0.500. The highest BCUT2D eigenvalue weighted by molar-refractivity contribution is 5.92. The van der Waals surface area contributed by atoms with E-state index in [2.05, 4.69) is 10.3 Å². The standard InChI is InChI=1S/C12H18N2O2/c1-12(2,7-9-16-3)14-11(15)10-6-4-5-8-13-10/h4-6,8H,7,9H2,1-3H3,(H,14,15). The third kappa shape index (κ3) is 3.98. The quantitative estimate of drug-likeness (QED) is 0.823. The number of rotatable bonds is 5. The van der Waals surface area contributed by atoms with Gasteiger partial charge < -0.3 is 10.1 Å². The Hall–Kier alpha value is -1.42. The number of carbonyl (C=O) groups is 1. The Kier molecular flexibility index (Phi) is 4.43. The highest BCUT2D eigenvalue weighted by Crippen LogP contribution is 2.09. The van der Waals surface area contributed by atoms with Gasteiger partial charge in [0.05, 0.1) is 0 Å². The topological polar surface area (TPSA) is 51.2 Å². The predicted molar refractivity (Wildman–Crippen MR) is 62.3 cm³/mol. The van der Waals surface area contributed by atoms with Gasteiger partial charge in [-0.3, -0.25) is 9.78 Å². The van der Waals surface area contributed by atoms with Gasteiger partial charge in [0.2, 0.25) is 0 Å². The van der Waals surface area contributed by atoms with Gasteiger partial charge in [-0.1, -0.05) is 6.07 Å². The Morgan fingerprint density at radius 3 is 2.81 bits per heavy atom. The maximum Gasteiger partial charge on any atom is 0.270 e. The lowest BCUT2D eigenvalue weighted by molar-refractivity contribution is 0.0883. The molecule has 0 unspecified atom stereocenters. The van der Waals surface area contributed by atoms with Crippen molar-refractivity contribution in [3.63, 3.8) is 0 Å². The van der Waals surface area contributed by atoms with Crippen LogP contribution < -0.4 is 5.32 Å². The minimum Gasteiger partial charge on any atom is -0.385 e. The Morgan fingerprint density at radius 2 is 2.25 bits per heavy atom. The van der Waals surface area contributed by atoms with E-state index in [1.165, 1.54) is 0 Å². The van der Waals surface area contributed by atoms with Crippen LogP contribution in [0.4, 0.5) is 0 Å². The third-order valence-corrected chi connectivity index (χ3v) is 2.28. The van der Waals surface area contributed by atoms with Crippen LogP contribution in [-0.4, -0.2) is 30.1 Å². The molecule has 0 aliphatic carbocycles. The summed E-state index contributed by atoms with van der Waals surface area (Å²) in [5.41, 5.74) is 0.151. The SMILES string of the molecule is COCCC(C)(C)NC(=O)c1ccccn1. The van der Waals surface area contributed by atoms with Crippen LogP contribution in [0.3, 0.4) is 0 Å². The number of pyridine rings is 1. The second-order valence-corrected chi connectivity index (χ2v) is 4.30. The second-order valence-electron chi connectivity index (χ2n) is 4.30. The highest BCUT2D eigenvalue weighted by Gasteiger charge is 2.21. The van der Waals surface area contributed by atoms with Crippen molar-refractivity contribution in [3.8, 4) is 0 Å². The van der Waals surface area contributed by atoms with E-state index < -0.39 is 0 Å². The summed E-state index contributed by atoms with van der Waals surface area (Å²) in [6, 6.07) is 5.28. The number of hydrogen-bond donors (Lipinski definition) is 1. The van der Waals surface area contributed by atoms with Gasteiger partial charge in [-0.05, 0) is 32.4 Å². The van der Waals surface area contributed by atoms with Crippen LogP contribution in [0.15, 0.2) is 24.4 Å². The van der Waals surface area contributed by atoms with Crippen LogP contribution in [-0.2, 0) is 4.74 Å². The van der Waals surface area contributed by atoms with Crippen LogP contribution in [0.5, 0.6) is 0 Å². The highest BCUT2D eigenvalue weighted by atomic mass is 16.5. The lowest BCUT2D eigenvalue weighted by Crippen LogP contribution is -2.44. The van der Waals surface area contributed by atoms with Gasteiger partial charge in [-0.15, -0.1) is 0 Å². The van der Waals surface area contributed by atoms with Crippen LogP contribution >= 0.6 is 0 Å². The molecule has 0 spiro atoms. The molecule has 88 valence electrons. The summed E-state index contributed by atoms with van der Waals surface area (Å²) in [6.07, 6.45) is 2.37. The zero-order chi connectivity index (χ0) is 12.0. The summed E-state index contributed by atoms with van der Waals surface area (Å²) in [6.45, 7) is 4.55. The second kappa shape index (κ2) is 5.61. The maximum atomic E-state index is 11.8. The van der Waals surface area contributed by atoms with E-state index in [1.54, 1.807) is 31.5 Å². The average Bonchev–Trinajstić information content (AvgIpc) is 2.27. The molecule has 0 aromatic carbocycles. The molecule has 4 heteroatoms. The molecule has 0 bridgehead atoms. The first-order valence-corrected chi connectivity index (χ1v) is 5.28. The van der Waals surface area contributed by atoms with E-state index in [9.17, 15) is 4.79 Å². The number of amides is 1. The van der Waals surface area contributed by atoms with Crippen LogP contribution in [0, 0.1) is 0 Å². The lowest BCUT2D eigenvalue weighted by Gasteiger charge is -2.25. The number of nitrogens with zero attached hydrogens (tertiary/aromatic N) is 1.